The summed E-state index contributed by atoms with van der Waals surface area (Å²) >= 11 is 5.92. The fraction of sp³-hybridized carbons (Fsp3) is 0.125. The minimum atomic E-state index is -0.216. The maximum atomic E-state index is 11.9. The third-order valence-electron chi connectivity index (χ3n) is 2.90. The van der Waals surface area contributed by atoms with E-state index in [1.807, 2.05) is 6.07 Å². The molecule has 1 amide bonds. The fourth-order valence-corrected chi connectivity index (χ4v) is 2.00. The van der Waals surface area contributed by atoms with Crippen molar-refractivity contribution < 1.29 is 9.53 Å². The van der Waals surface area contributed by atoms with Crippen LogP contribution in [0.1, 0.15) is 5.56 Å². The van der Waals surface area contributed by atoms with Crippen LogP contribution < -0.4 is 15.4 Å². The SMILES string of the molecule is COc1ccc(Cl)cc1NCC(=O)Nc1ccc(C#N)cc1. The first-order valence-electron chi connectivity index (χ1n) is 6.50. The standard InChI is InChI=1S/C16H14ClN3O2/c1-22-15-7-4-12(17)8-14(15)19-10-16(21)20-13-5-2-11(9-18)3-6-13/h2-8,19H,10H2,1H3,(H,20,21). The summed E-state index contributed by atoms with van der Waals surface area (Å²) in [4.78, 5) is 11.9. The fourth-order valence-electron chi connectivity index (χ4n) is 1.83. The molecule has 0 aliphatic rings. The van der Waals surface area contributed by atoms with Crippen LogP contribution in [0.3, 0.4) is 0 Å². The normalized spacial score (nSPS) is 9.68. The number of anilines is 2. The second kappa shape index (κ2) is 7.34. The van der Waals surface area contributed by atoms with E-state index < -0.39 is 0 Å². The van der Waals surface area contributed by atoms with E-state index in [1.54, 1.807) is 49.6 Å². The van der Waals surface area contributed by atoms with E-state index in [0.29, 0.717) is 27.7 Å². The molecule has 0 unspecified atom stereocenters. The number of methoxy groups -OCH3 is 1. The highest BCUT2D eigenvalue weighted by molar-refractivity contribution is 6.30. The van der Waals surface area contributed by atoms with Crippen molar-refractivity contribution >= 4 is 28.9 Å². The maximum absolute atomic E-state index is 11.9. The Hall–Kier alpha value is -2.71. The van der Waals surface area contributed by atoms with E-state index in [-0.39, 0.29) is 12.5 Å². The van der Waals surface area contributed by atoms with Gasteiger partial charge in [-0.15, -0.1) is 0 Å². The van der Waals surface area contributed by atoms with E-state index in [4.69, 9.17) is 21.6 Å². The summed E-state index contributed by atoms with van der Waals surface area (Å²) in [6.07, 6.45) is 0. The zero-order chi connectivity index (χ0) is 15.9. The summed E-state index contributed by atoms with van der Waals surface area (Å²) in [5, 5.41) is 15.0. The smallest absolute Gasteiger partial charge is 0.243 e. The van der Waals surface area contributed by atoms with Gasteiger partial charge in [0.05, 0.1) is 31.0 Å². The van der Waals surface area contributed by atoms with Crippen LogP contribution in [0.15, 0.2) is 42.5 Å². The summed E-state index contributed by atoms with van der Waals surface area (Å²) < 4.78 is 5.19. The topological polar surface area (TPSA) is 74.2 Å². The number of ether oxygens (including phenoxy) is 1. The van der Waals surface area contributed by atoms with Gasteiger partial charge < -0.3 is 15.4 Å². The quantitative estimate of drug-likeness (QED) is 0.888. The van der Waals surface area contributed by atoms with Crippen LogP contribution in [0.5, 0.6) is 5.75 Å². The van der Waals surface area contributed by atoms with Crippen molar-refractivity contribution in [2.75, 3.05) is 24.3 Å². The second-order valence-corrected chi connectivity index (χ2v) is 4.87. The van der Waals surface area contributed by atoms with Crippen LogP contribution in [0.25, 0.3) is 0 Å². The lowest BCUT2D eigenvalue weighted by atomic mass is 10.2. The summed E-state index contributed by atoms with van der Waals surface area (Å²) in [5.74, 6) is 0.391. The zero-order valence-electron chi connectivity index (χ0n) is 11.9. The Bertz CT molecular complexity index is 708. The van der Waals surface area contributed by atoms with E-state index in [9.17, 15) is 4.79 Å². The highest BCUT2D eigenvalue weighted by Crippen LogP contribution is 2.27. The maximum Gasteiger partial charge on any atom is 0.243 e. The average molecular weight is 316 g/mol. The summed E-state index contributed by atoms with van der Waals surface area (Å²) in [5.41, 5.74) is 1.81. The molecule has 112 valence electrons. The summed E-state index contributed by atoms with van der Waals surface area (Å²) in [6.45, 7) is 0.0662. The Morgan fingerprint density at radius 3 is 2.64 bits per heavy atom. The molecule has 0 aliphatic heterocycles. The molecule has 0 radical (unpaired) electrons. The van der Waals surface area contributed by atoms with Crippen molar-refractivity contribution in [1.82, 2.24) is 0 Å². The number of amides is 1. The van der Waals surface area contributed by atoms with Gasteiger partial charge in [-0.1, -0.05) is 11.6 Å². The second-order valence-electron chi connectivity index (χ2n) is 4.44. The highest BCUT2D eigenvalue weighted by Gasteiger charge is 2.07. The zero-order valence-corrected chi connectivity index (χ0v) is 12.6. The number of hydrogen-bond donors (Lipinski definition) is 2. The Morgan fingerprint density at radius 1 is 1.27 bits per heavy atom. The van der Waals surface area contributed by atoms with E-state index >= 15 is 0 Å². The molecule has 0 atom stereocenters. The first kappa shape index (κ1) is 15.7. The molecule has 0 bridgehead atoms. The number of halogens is 1. The minimum absolute atomic E-state index is 0.0662. The molecule has 6 heteroatoms. The third kappa shape index (κ3) is 4.14. The van der Waals surface area contributed by atoms with Gasteiger partial charge in [0.2, 0.25) is 5.91 Å². The van der Waals surface area contributed by atoms with Crippen molar-refractivity contribution in [2.24, 2.45) is 0 Å². The molecule has 2 N–H and O–H groups in total. The van der Waals surface area contributed by atoms with Crippen LogP contribution in [0.2, 0.25) is 5.02 Å². The van der Waals surface area contributed by atoms with Gasteiger partial charge in [0, 0.05) is 10.7 Å². The number of nitriles is 1. The van der Waals surface area contributed by atoms with Crippen molar-refractivity contribution in [2.45, 2.75) is 0 Å². The molecular formula is C16H14ClN3O2. The molecule has 0 saturated heterocycles. The lowest BCUT2D eigenvalue weighted by molar-refractivity contribution is -0.114. The molecule has 22 heavy (non-hydrogen) atoms. The first-order chi connectivity index (χ1) is 10.6. The summed E-state index contributed by atoms with van der Waals surface area (Å²) in [7, 11) is 1.55. The van der Waals surface area contributed by atoms with Crippen molar-refractivity contribution in [3.8, 4) is 11.8 Å². The molecule has 0 spiro atoms. The minimum Gasteiger partial charge on any atom is -0.495 e. The van der Waals surface area contributed by atoms with Gasteiger partial charge >= 0.3 is 0 Å². The van der Waals surface area contributed by atoms with Crippen LogP contribution in [0.4, 0.5) is 11.4 Å². The van der Waals surface area contributed by atoms with Gasteiger partial charge in [-0.05, 0) is 42.5 Å². The van der Waals surface area contributed by atoms with Gasteiger partial charge in [-0.25, -0.2) is 0 Å². The molecule has 0 fully saturated rings. The monoisotopic (exact) mass is 315 g/mol. The average Bonchev–Trinajstić information content (AvgIpc) is 2.54. The Balaban J connectivity index is 1.95. The highest BCUT2D eigenvalue weighted by atomic mass is 35.5. The van der Waals surface area contributed by atoms with E-state index in [2.05, 4.69) is 10.6 Å². The predicted octanol–water partition coefficient (Wildman–Crippen LogP) is 3.27. The largest absolute Gasteiger partial charge is 0.495 e. The molecule has 5 nitrogen and oxygen atoms in total. The van der Waals surface area contributed by atoms with Gasteiger partial charge in [0.1, 0.15) is 5.75 Å². The Morgan fingerprint density at radius 2 is 2.00 bits per heavy atom. The van der Waals surface area contributed by atoms with Gasteiger partial charge in [0.15, 0.2) is 0 Å². The van der Waals surface area contributed by atoms with Crippen LogP contribution in [0, 0.1) is 11.3 Å². The molecule has 0 aliphatic carbocycles. The number of rotatable bonds is 5. The molecule has 0 aromatic heterocycles. The Labute approximate surface area is 133 Å². The number of nitrogens with one attached hydrogen (secondary N) is 2. The molecule has 2 aromatic carbocycles. The lowest BCUT2D eigenvalue weighted by Crippen LogP contribution is -2.21. The molecular weight excluding hydrogens is 302 g/mol. The number of benzene rings is 2. The number of hydrogen-bond acceptors (Lipinski definition) is 4. The van der Waals surface area contributed by atoms with Crippen molar-refractivity contribution in [3.05, 3.63) is 53.1 Å². The number of carbonyl (C=O) groups is 1. The van der Waals surface area contributed by atoms with Gasteiger partial charge in [0.25, 0.3) is 0 Å². The van der Waals surface area contributed by atoms with Crippen LogP contribution in [-0.2, 0) is 4.79 Å². The van der Waals surface area contributed by atoms with Gasteiger partial charge in [-0.3, -0.25) is 4.79 Å². The molecule has 0 heterocycles. The third-order valence-corrected chi connectivity index (χ3v) is 3.13. The molecule has 0 saturated carbocycles. The first-order valence-corrected chi connectivity index (χ1v) is 6.87. The Kier molecular flexibility index (Phi) is 5.23. The van der Waals surface area contributed by atoms with Crippen LogP contribution in [-0.4, -0.2) is 19.6 Å². The van der Waals surface area contributed by atoms with Crippen molar-refractivity contribution in [3.63, 3.8) is 0 Å². The summed E-state index contributed by atoms with van der Waals surface area (Å²) in [6, 6.07) is 13.8. The van der Waals surface area contributed by atoms with E-state index in [1.165, 1.54) is 0 Å². The van der Waals surface area contributed by atoms with E-state index in [0.717, 1.165) is 0 Å². The molecule has 2 rings (SSSR count). The number of nitrogens with zero attached hydrogens (tertiary/aromatic N) is 1. The molecule has 2 aromatic rings. The van der Waals surface area contributed by atoms with Gasteiger partial charge in [-0.2, -0.15) is 5.26 Å². The predicted molar refractivity (Wildman–Crippen MR) is 86.3 cm³/mol. The van der Waals surface area contributed by atoms with Crippen LogP contribution >= 0.6 is 11.6 Å². The number of carbonyl (C=O) groups excluding carboxylic acids is 1. The van der Waals surface area contributed by atoms with Crippen molar-refractivity contribution in [1.29, 1.82) is 5.26 Å². The lowest BCUT2D eigenvalue weighted by Gasteiger charge is -2.11.